The first-order valence-electron chi connectivity index (χ1n) is 8.90. The number of carbonyl (C=O) groups excluding carboxylic acids is 2. The Morgan fingerprint density at radius 1 is 1.07 bits per heavy atom. The largest absolute Gasteiger partial charge is 0.497 e. The second-order valence-corrected chi connectivity index (χ2v) is 6.34. The smallest absolute Gasteiger partial charge is 0.331 e. The topological polar surface area (TPSA) is 73.9 Å². The Morgan fingerprint density at radius 3 is 2.50 bits per heavy atom. The lowest BCUT2D eigenvalue weighted by atomic mass is 10.0. The van der Waals surface area contributed by atoms with E-state index in [2.05, 4.69) is 5.32 Å². The maximum absolute atomic E-state index is 12.1. The van der Waals surface area contributed by atoms with Gasteiger partial charge in [0.25, 0.3) is 5.91 Å². The molecular formula is C22H25NO5. The standard InChI is InChI=1S/C22H25NO5/c1-15(2)18-7-5-6-8-19(18)23-21(24)14-28-22(25)12-9-16-13-17(26-3)10-11-20(16)27-4/h5-13,15H,14H2,1-4H3,(H,23,24). The molecule has 0 aromatic heterocycles. The lowest BCUT2D eigenvalue weighted by Gasteiger charge is -2.13. The molecule has 2 rings (SSSR count). The van der Waals surface area contributed by atoms with Crippen molar-refractivity contribution in [3.63, 3.8) is 0 Å². The molecule has 6 heteroatoms. The number of nitrogens with one attached hydrogen (secondary N) is 1. The number of anilines is 1. The second-order valence-electron chi connectivity index (χ2n) is 6.34. The van der Waals surface area contributed by atoms with Crippen LogP contribution in [0, 0.1) is 0 Å². The van der Waals surface area contributed by atoms with Crippen LogP contribution in [0.1, 0.15) is 30.9 Å². The van der Waals surface area contributed by atoms with Gasteiger partial charge in [0.05, 0.1) is 14.2 Å². The van der Waals surface area contributed by atoms with E-state index < -0.39 is 11.9 Å². The van der Waals surface area contributed by atoms with Crippen molar-refractivity contribution in [3.05, 3.63) is 59.7 Å². The molecule has 0 saturated heterocycles. The second kappa shape index (κ2) is 10.2. The molecule has 2 aromatic rings. The summed E-state index contributed by atoms with van der Waals surface area (Å²) >= 11 is 0. The van der Waals surface area contributed by atoms with Gasteiger partial charge in [-0.05, 0) is 41.8 Å². The van der Waals surface area contributed by atoms with Crippen molar-refractivity contribution in [1.82, 2.24) is 0 Å². The molecule has 1 N–H and O–H groups in total. The molecule has 0 aliphatic heterocycles. The quantitative estimate of drug-likeness (QED) is 0.550. The number of esters is 1. The molecule has 0 bridgehead atoms. The number of hydrogen-bond donors (Lipinski definition) is 1. The summed E-state index contributed by atoms with van der Waals surface area (Å²) in [6.07, 6.45) is 2.79. The van der Waals surface area contributed by atoms with Crippen LogP contribution in [0.15, 0.2) is 48.5 Å². The van der Waals surface area contributed by atoms with Gasteiger partial charge in [0.1, 0.15) is 11.5 Å². The average Bonchev–Trinajstić information content (AvgIpc) is 2.70. The van der Waals surface area contributed by atoms with Gasteiger partial charge in [0, 0.05) is 17.3 Å². The summed E-state index contributed by atoms with van der Waals surface area (Å²) < 4.78 is 15.4. The van der Waals surface area contributed by atoms with Crippen molar-refractivity contribution >= 4 is 23.6 Å². The van der Waals surface area contributed by atoms with Crippen molar-refractivity contribution in [3.8, 4) is 11.5 Å². The normalized spacial score (nSPS) is 10.8. The summed E-state index contributed by atoms with van der Waals surface area (Å²) in [6.45, 7) is 3.72. The summed E-state index contributed by atoms with van der Waals surface area (Å²) in [5, 5.41) is 2.78. The van der Waals surface area contributed by atoms with Crippen LogP contribution in [0.4, 0.5) is 5.69 Å². The van der Waals surface area contributed by atoms with Gasteiger partial charge in [-0.15, -0.1) is 0 Å². The van der Waals surface area contributed by atoms with E-state index in [0.717, 1.165) is 11.3 Å². The van der Waals surface area contributed by atoms with E-state index in [1.54, 1.807) is 31.4 Å². The Bertz CT molecular complexity index is 858. The zero-order chi connectivity index (χ0) is 20.5. The first-order valence-corrected chi connectivity index (χ1v) is 8.90. The van der Waals surface area contributed by atoms with Crippen molar-refractivity contribution in [2.45, 2.75) is 19.8 Å². The van der Waals surface area contributed by atoms with Gasteiger partial charge in [-0.25, -0.2) is 4.79 Å². The van der Waals surface area contributed by atoms with Gasteiger partial charge in [0.15, 0.2) is 6.61 Å². The van der Waals surface area contributed by atoms with Crippen LogP contribution in [0.25, 0.3) is 6.08 Å². The molecule has 0 unspecified atom stereocenters. The third-order valence-corrected chi connectivity index (χ3v) is 4.04. The molecule has 0 aliphatic rings. The van der Waals surface area contributed by atoms with E-state index in [1.165, 1.54) is 13.2 Å². The maximum atomic E-state index is 12.1. The summed E-state index contributed by atoms with van der Waals surface area (Å²) in [5.41, 5.74) is 2.40. The fraction of sp³-hybridized carbons (Fsp3) is 0.273. The van der Waals surface area contributed by atoms with Crippen molar-refractivity contribution < 1.29 is 23.8 Å². The van der Waals surface area contributed by atoms with E-state index >= 15 is 0 Å². The van der Waals surface area contributed by atoms with Gasteiger partial charge < -0.3 is 19.5 Å². The van der Waals surface area contributed by atoms with Crippen LogP contribution in [0.3, 0.4) is 0 Å². The number of methoxy groups -OCH3 is 2. The number of ether oxygens (including phenoxy) is 3. The molecule has 6 nitrogen and oxygen atoms in total. The Morgan fingerprint density at radius 2 is 1.82 bits per heavy atom. The van der Waals surface area contributed by atoms with Gasteiger partial charge in [-0.2, -0.15) is 0 Å². The van der Waals surface area contributed by atoms with Gasteiger partial charge in [0.2, 0.25) is 0 Å². The number of benzene rings is 2. The molecule has 0 saturated carbocycles. The predicted molar refractivity (Wildman–Crippen MR) is 109 cm³/mol. The highest BCUT2D eigenvalue weighted by Gasteiger charge is 2.11. The Kier molecular flexibility index (Phi) is 7.63. The van der Waals surface area contributed by atoms with Gasteiger partial charge >= 0.3 is 5.97 Å². The molecule has 0 fully saturated rings. The first kappa shape index (κ1) is 21.0. The molecule has 0 heterocycles. The monoisotopic (exact) mass is 383 g/mol. The third kappa shape index (κ3) is 5.87. The van der Waals surface area contributed by atoms with Crippen LogP contribution in [0.2, 0.25) is 0 Å². The summed E-state index contributed by atoms with van der Waals surface area (Å²) in [4.78, 5) is 24.0. The molecule has 148 valence electrons. The van der Waals surface area contributed by atoms with E-state index in [9.17, 15) is 9.59 Å². The minimum atomic E-state index is -0.628. The molecule has 0 radical (unpaired) electrons. The SMILES string of the molecule is COc1ccc(OC)c(C=CC(=O)OCC(=O)Nc2ccccc2C(C)C)c1. The van der Waals surface area contributed by atoms with Crippen LogP contribution >= 0.6 is 0 Å². The summed E-state index contributed by atoms with van der Waals surface area (Å²) in [7, 11) is 3.09. The zero-order valence-corrected chi connectivity index (χ0v) is 16.5. The molecule has 0 spiro atoms. The molecule has 0 aliphatic carbocycles. The molecular weight excluding hydrogens is 358 g/mol. The predicted octanol–water partition coefficient (Wildman–Crippen LogP) is 4.02. The lowest BCUT2D eigenvalue weighted by molar-refractivity contribution is -0.142. The summed E-state index contributed by atoms with van der Waals surface area (Å²) in [6, 6.07) is 12.8. The van der Waals surface area contributed by atoms with Crippen molar-refractivity contribution in [2.75, 3.05) is 26.1 Å². The van der Waals surface area contributed by atoms with Crippen LogP contribution in [-0.2, 0) is 14.3 Å². The van der Waals surface area contributed by atoms with Crippen LogP contribution < -0.4 is 14.8 Å². The zero-order valence-electron chi connectivity index (χ0n) is 16.5. The first-order chi connectivity index (χ1) is 13.4. The van der Waals surface area contributed by atoms with Crippen molar-refractivity contribution in [2.24, 2.45) is 0 Å². The molecule has 2 aromatic carbocycles. The minimum absolute atomic E-state index is 0.264. The van der Waals surface area contributed by atoms with E-state index in [-0.39, 0.29) is 12.5 Å². The van der Waals surface area contributed by atoms with Crippen LogP contribution in [-0.4, -0.2) is 32.7 Å². The Hall–Kier alpha value is -3.28. The highest BCUT2D eigenvalue weighted by molar-refractivity contribution is 5.95. The fourth-order valence-corrected chi connectivity index (χ4v) is 2.61. The Labute approximate surface area is 165 Å². The number of para-hydroxylation sites is 1. The molecule has 0 atom stereocenters. The minimum Gasteiger partial charge on any atom is -0.497 e. The average molecular weight is 383 g/mol. The van der Waals surface area contributed by atoms with E-state index in [4.69, 9.17) is 14.2 Å². The number of carbonyl (C=O) groups is 2. The maximum Gasteiger partial charge on any atom is 0.331 e. The van der Waals surface area contributed by atoms with Gasteiger partial charge in [-0.1, -0.05) is 32.0 Å². The van der Waals surface area contributed by atoms with E-state index in [1.807, 2.05) is 38.1 Å². The summed E-state index contributed by atoms with van der Waals surface area (Å²) in [5.74, 6) is 0.468. The fourth-order valence-electron chi connectivity index (χ4n) is 2.61. The number of hydrogen-bond acceptors (Lipinski definition) is 5. The Balaban J connectivity index is 1.94. The lowest BCUT2D eigenvalue weighted by Crippen LogP contribution is -2.21. The number of amides is 1. The van der Waals surface area contributed by atoms with Crippen molar-refractivity contribution in [1.29, 1.82) is 0 Å². The highest BCUT2D eigenvalue weighted by atomic mass is 16.5. The molecule has 1 amide bonds. The molecule has 28 heavy (non-hydrogen) atoms. The van der Waals surface area contributed by atoms with Crippen LogP contribution in [0.5, 0.6) is 11.5 Å². The van der Waals surface area contributed by atoms with Gasteiger partial charge in [-0.3, -0.25) is 4.79 Å². The third-order valence-electron chi connectivity index (χ3n) is 4.04. The number of rotatable bonds is 8. The van der Waals surface area contributed by atoms with E-state index in [0.29, 0.717) is 17.1 Å². The highest BCUT2D eigenvalue weighted by Crippen LogP contribution is 2.25.